The van der Waals surface area contributed by atoms with E-state index in [4.69, 9.17) is 14.0 Å². The van der Waals surface area contributed by atoms with E-state index < -0.39 is 17.0 Å². The molecule has 0 spiro atoms. The van der Waals surface area contributed by atoms with Crippen LogP contribution in [0.5, 0.6) is 0 Å². The zero-order valence-corrected chi connectivity index (χ0v) is 21.8. The predicted molar refractivity (Wildman–Crippen MR) is 138 cm³/mol. The lowest BCUT2D eigenvalue weighted by atomic mass is 9.84. The number of non-ortho nitro benzene ring substituents is 1. The maximum Gasteiger partial charge on any atom is 0.513 e. The molecule has 1 unspecified atom stereocenters. The Morgan fingerprint density at radius 3 is 2.55 bits per heavy atom. The average Bonchev–Trinajstić information content (AvgIpc) is 3.34. The van der Waals surface area contributed by atoms with Crippen LogP contribution in [-0.2, 0) is 22.6 Å². The molecule has 1 aliphatic rings. The lowest BCUT2D eigenvalue weighted by Gasteiger charge is -2.29. The van der Waals surface area contributed by atoms with Gasteiger partial charge >= 0.3 is 6.16 Å². The summed E-state index contributed by atoms with van der Waals surface area (Å²) in [5, 5.41) is 18.8. The quantitative estimate of drug-likeness (QED) is 0.245. The molecule has 198 valence electrons. The van der Waals surface area contributed by atoms with Crippen molar-refractivity contribution < 1.29 is 23.7 Å². The number of aromatic nitrogens is 2. The SMILES string of the molecule is COC(=O)OC1=C(C)NC(C)=C(c2nc(CN(C)Cc3ccc(C)cc3)no2)C1c1cccc([N+](=O)[O-])c1. The second-order valence-electron chi connectivity index (χ2n) is 9.17. The first-order chi connectivity index (χ1) is 18.2. The van der Waals surface area contributed by atoms with Crippen LogP contribution < -0.4 is 5.32 Å². The van der Waals surface area contributed by atoms with E-state index in [1.807, 2.05) is 20.9 Å². The summed E-state index contributed by atoms with van der Waals surface area (Å²) < 4.78 is 15.9. The average molecular weight is 520 g/mol. The van der Waals surface area contributed by atoms with Crippen molar-refractivity contribution >= 4 is 17.4 Å². The number of carbonyl (C=O) groups excluding carboxylic acids is 1. The summed E-state index contributed by atoms with van der Waals surface area (Å²) in [6.45, 7) is 6.74. The molecule has 0 saturated carbocycles. The van der Waals surface area contributed by atoms with Gasteiger partial charge < -0.3 is 19.3 Å². The number of methoxy groups -OCH3 is 1. The molecule has 1 aliphatic heterocycles. The highest BCUT2D eigenvalue weighted by atomic mass is 16.7. The molecular formula is C27H29N5O6. The summed E-state index contributed by atoms with van der Waals surface area (Å²) in [5.41, 5.74) is 4.54. The molecule has 11 heteroatoms. The van der Waals surface area contributed by atoms with Gasteiger partial charge in [-0.05, 0) is 38.9 Å². The number of benzene rings is 2. The van der Waals surface area contributed by atoms with E-state index in [0.29, 0.717) is 41.4 Å². The number of allylic oxidation sites excluding steroid dienone is 3. The minimum atomic E-state index is -0.917. The normalized spacial score (nSPS) is 15.5. The first-order valence-electron chi connectivity index (χ1n) is 11.9. The van der Waals surface area contributed by atoms with Gasteiger partial charge in [0.1, 0.15) is 5.76 Å². The molecule has 0 fully saturated rings. The van der Waals surface area contributed by atoms with Crippen LogP contribution in [0, 0.1) is 17.0 Å². The Hall–Kier alpha value is -4.51. The number of hydrogen-bond donors (Lipinski definition) is 1. The highest BCUT2D eigenvalue weighted by Crippen LogP contribution is 2.44. The minimum Gasteiger partial charge on any atom is -0.437 e. The van der Waals surface area contributed by atoms with Gasteiger partial charge in [0.05, 0.1) is 35.8 Å². The van der Waals surface area contributed by atoms with Crippen molar-refractivity contribution in [3.05, 3.63) is 104 Å². The summed E-state index contributed by atoms with van der Waals surface area (Å²) in [5.74, 6) is 0.154. The molecule has 1 aromatic heterocycles. The van der Waals surface area contributed by atoms with Crippen LogP contribution in [0.25, 0.3) is 5.57 Å². The van der Waals surface area contributed by atoms with Crippen LogP contribution in [0.2, 0.25) is 0 Å². The second-order valence-corrected chi connectivity index (χ2v) is 9.17. The molecule has 0 saturated heterocycles. The largest absolute Gasteiger partial charge is 0.513 e. The molecular weight excluding hydrogens is 490 g/mol. The molecule has 1 N–H and O–H groups in total. The van der Waals surface area contributed by atoms with Crippen molar-refractivity contribution in [1.29, 1.82) is 0 Å². The Morgan fingerprint density at radius 2 is 1.87 bits per heavy atom. The number of nitrogens with zero attached hydrogens (tertiary/aromatic N) is 4. The third-order valence-corrected chi connectivity index (χ3v) is 6.16. The van der Waals surface area contributed by atoms with Crippen LogP contribution in [0.15, 0.2) is 70.2 Å². The number of carbonyl (C=O) groups is 1. The fourth-order valence-electron chi connectivity index (χ4n) is 4.39. The maximum atomic E-state index is 12.1. The van der Waals surface area contributed by atoms with Crippen LogP contribution in [0.1, 0.15) is 48.2 Å². The third kappa shape index (κ3) is 5.89. The zero-order valence-electron chi connectivity index (χ0n) is 21.8. The van der Waals surface area contributed by atoms with Gasteiger partial charge in [-0.3, -0.25) is 15.0 Å². The van der Waals surface area contributed by atoms with Gasteiger partial charge in [-0.2, -0.15) is 4.98 Å². The summed E-state index contributed by atoms with van der Waals surface area (Å²) >= 11 is 0. The predicted octanol–water partition coefficient (Wildman–Crippen LogP) is 5.05. The molecule has 0 amide bonds. The van der Waals surface area contributed by atoms with Crippen molar-refractivity contribution in [2.45, 2.75) is 39.8 Å². The number of nitrogens with one attached hydrogen (secondary N) is 1. The van der Waals surface area contributed by atoms with Crippen molar-refractivity contribution in [2.24, 2.45) is 0 Å². The van der Waals surface area contributed by atoms with E-state index in [2.05, 4.69) is 44.6 Å². The van der Waals surface area contributed by atoms with E-state index in [1.165, 1.54) is 24.8 Å². The molecule has 4 rings (SSSR count). The van der Waals surface area contributed by atoms with Crippen molar-refractivity contribution in [1.82, 2.24) is 20.4 Å². The first-order valence-corrected chi connectivity index (χ1v) is 11.9. The number of hydrogen-bond acceptors (Lipinski definition) is 10. The van der Waals surface area contributed by atoms with E-state index in [-0.39, 0.29) is 17.3 Å². The Balaban J connectivity index is 1.67. The minimum absolute atomic E-state index is 0.0999. The van der Waals surface area contributed by atoms with Crippen LogP contribution >= 0.6 is 0 Å². The van der Waals surface area contributed by atoms with E-state index in [0.717, 1.165) is 5.56 Å². The molecule has 2 heterocycles. The highest BCUT2D eigenvalue weighted by Gasteiger charge is 2.36. The van der Waals surface area contributed by atoms with Gasteiger partial charge in [-0.15, -0.1) is 0 Å². The van der Waals surface area contributed by atoms with Gasteiger partial charge in [0.15, 0.2) is 5.82 Å². The van der Waals surface area contributed by atoms with Crippen molar-refractivity contribution in [2.75, 3.05) is 14.2 Å². The van der Waals surface area contributed by atoms with Gasteiger partial charge in [0, 0.05) is 24.4 Å². The second kappa shape index (κ2) is 11.3. The molecule has 38 heavy (non-hydrogen) atoms. The van der Waals surface area contributed by atoms with E-state index in [9.17, 15) is 14.9 Å². The Bertz CT molecular complexity index is 1410. The molecule has 11 nitrogen and oxygen atoms in total. The maximum absolute atomic E-state index is 12.1. The van der Waals surface area contributed by atoms with Crippen molar-refractivity contribution in [3.8, 4) is 0 Å². The molecule has 3 aromatic rings. The number of rotatable bonds is 8. The van der Waals surface area contributed by atoms with Gasteiger partial charge in [0.2, 0.25) is 0 Å². The fraction of sp³-hybridized carbons (Fsp3) is 0.296. The molecule has 0 bridgehead atoms. The van der Waals surface area contributed by atoms with Crippen molar-refractivity contribution in [3.63, 3.8) is 0 Å². The van der Waals surface area contributed by atoms with Crippen LogP contribution in [0.3, 0.4) is 0 Å². The molecule has 2 aromatic carbocycles. The van der Waals surface area contributed by atoms with E-state index in [1.54, 1.807) is 19.1 Å². The number of aryl methyl sites for hydroxylation is 1. The lowest BCUT2D eigenvalue weighted by Crippen LogP contribution is -2.26. The Labute approximate surface area is 219 Å². The molecule has 0 radical (unpaired) electrons. The lowest BCUT2D eigenvalue weighted by molar-refractivity contribution is -0.384. The van der Waals surface area contributed by atoms with Gasteiger partial charge in [-0.1, -0.05) is 47.1 Å². The monoisotopic (exact) mass is 519 g/mol. The Kier molecular flexibility index (Phi) is 7.87. The molecule has 0 aliphatic carbocycles. The number of dihydropyridines is 1. The zero-order chi connectivity index (χ0) is 27.4. The fourth-order valence-corrected chi connectivity index (χ4v) is 4.39. The highest BCUT2D eigenvalue weighted by molar-refractivity contribution is 5.76. The topological polar surface area (TPSA) is 133 Å². The van der Waals surface area contributed by atoms with Crippen LogP contribution in [-0.4, -0.2) is 40.3 Å². The Morgan fingerprint density at radius 1 is 1.13 bits per heavy atom. The summed E-state index contributed by atoms with van der Waals surface area (Å²) in [4.78, 5) is 29.8. The van der Waals surface area contributed by atoms with Gasteiger partial charge in [0.25, 0.3) is 11.6 Å². The van der Waals surface area contributed by atoms with E-state index >= 15 is 0 Å². The smallest absolute Gasteiger partial charge is 0.437 e. The standard InChI is InChI=1S/C27H29N5O6/c1-16-9-11-19(12-10-16)14-31(4)15-22-29-26(38-30-22)23-17(2)28-18(3)25(37-27(33)36-5)24(23)20-7-6-8-21(13-20)32(34)35/h6-13,24,28H,14-15H2,1-5H3. The van der Waals surface area contributed by atoms with Crippen LogP contribution in [0.4, 0.5) is 10.5 Å². The third-order valence-electron chi connectivity index (χ3n) is 6.16. The first kappa shape index (κ1) is 26.6. The number of nitro benzene ring substituents is 1. The van der Waals surface area contributed by atoms with Gasteiger partial charge in [-0.25, -0.2) is 4.79 Å². The molecule has 1 atom stereocenters. The summed E-state index contributed by atoms with van der Waals surface area (Å²) in [6, 6.07) is 14.4. The number of ether oxygens (including phenoxy) is 2. The number of nitro groups is 1. The summed E-state index contributed by atoms with van der Waals surface area (Å²) in [6.07, 6.45) is -0.917. The summed E-state index contributed by atoms with van der Waals surface area (Å²) in [7, 11) is 3.17.